The molecule has 24 heavy (non-hydrogen) atoms. The lowest BCUT2D eigenvalue weighted by atomic mass is 10.3. The number of carbonyl (C=O) groups is 1. The van der Waals surface area contributed by atoms with Crippen molar-refractivity contribution in [2.45, 2.75) is 4.34 Å². The van der Waals surface area contributed by atoms with E-state index in [2.05, 4.69) is 4.98 Å². The van der Waals surface area contributed by atoms with Crippen molar-refractivity contribution in [1.82, 2.24) is 9.88 Å². The van der Waals surface area contributed by atoms with Crippen molar-refractivity contribution < 1.29 is 9.53 Å². The van der Waals surface area contributed by atoms with E-state index in [1.165, 1.54) is 11.8 Å². The first kappa shape index (κ1) is 16.8. The molecule has 0 aliphatic rings. The molecule has 1 heterocycles. The van der Waals surface area contributed by atoms with Gasteiger partial charge in [0.2, 0.25) is 5.91 Å². The fourth-order valence-electron chi connectivity index (χ4n) is 2.09. The van der Waals surface area contributed by atoms with Gasteiger partial charge >= 0.3 is 0 Å². The Hall–Kier alpha value is -2.05. The molecule has 1 aromatic heterocycles. The molecule has 124 valence electrons. The Labute approximate surface area is 149 Å². The number of likely N-dealkylation sites (N-methyl/N-ethyl adjacent to an activating group) is 1. The summed E-state index contributed by atoms with van der Waals surface area (Å²) in [7, 11) is 1.80. The van der Waals surface area contributed by atoms with Crippen molar-refractivity contribution in [1.29, 1.82) is 0 Å². The third-order valence-electron chi connectivity index (χ3n) is 3.46. The highest BCUT2D eigenvalue weighted by Crippen LogP contribution is 2.29. The first-order valence-corrected chi connectivity index (χ1v) is 9.43. The number of hydrogen-bond donors (Lipinski definition) is 0. The van der Waals surface area contributed by atoms with Crippen LogP contribution in [0.3, 0.4) is 0 Å². The normalized spacial score (nSPS) is 10.7. The summed E-state index contributed by atoms with van der Waals surface area (Å²) in [5.41, 5.74) is 0.988. The summed E-state index contributed by atoms with van der Waals surface area (Å²) in [6.07, 6.45) is 0. The van der Waals surface area contributed by atoms with Crippen LogP contribution in [0.4, 0.5) is 0 Å². The predicted octanol–water partition coefficient (Wildman–Crippen LogP) is 3.93. The molecule has 2 aromatic carbocycles. The molecule has 4 nitrogen and oxygen atoms in total. The Morgan fingerprint density at radius 1 is 1.17 bits per heavy atom. The van der Waals surface area contributed by atoms with Gasteiger partial charge in [-0.1, -0.05) is 42.1 Å². The Morgan fingerprint density at radius 3 is 2.71 bits per heavy atom. The highest BCUT2D eigenvalue weighted by Gasteiger charge is 2.11. The molecule has 0 aliphatic heterocycles. The number of benzene rings is 2. The molecule has 0 saturated carbocycles. The van der Waals surface area contributed by atoms with Crippen LogP contribution in [-0.2, 0) is 4.79 Å². The van der Waals surface area contributed by atoms with Gasteiger partial charge in [-0.05, 0) is 24.3 Å². The second kappa shape index (κ2) is 8.17. The van der Waals surface area contributed by atoms with Crippen molar-refractivity contribution in [3.8, 4) is 5.75 Å². The van der Waals surface area contributed by atoms with Gasteiger partial charge in [-0.2, -0.15) is 0 Å². The Kier molecular flexibility index (Phi) is 5.72. The summed E-state index contributed by atoms with van der Waals surface area (Å²) >= 11 is 3.11. The Bertz CT molecular complexity index is 772. The molecule has 0 unspecified atom stereocenters. The molecule has 0 saturated heterocycles. The van der Waals surface area contributed by atoms with E-state index in [9.17, 15) is 4.79 Å². The van der Waals surface area contributed by atoms with Crippen molar-refractivity contribution in [3.63, 3.8) is 0 Å². The maximum absolute atomic E-state index is 12.2. The molecule has 0 fully saturated rings. The highest BCUT2D eigenvalue weighted by molar-refractivity contribution is 8.01. The number of rotatable bonds is 7. The predicted molar refractivity (Wildman–Crippen MR) is 99.9 cm³/mol. The van der Waals surface area contributed by atoms with E-state index in [-0.39, 0.29) is 5.91 Å². The van der Waals surface area contributed by atoms with Crippen molar-refractivity contribution in [3.05, 3.63) is 54.6 Å². The fraction of sp³-hybridized carbons (Fsp3) is 0.222. The minimum Gasteiger partial charge on any atom is -0.492 e. The molecule has 0 radical (unpaired) electrons. The van der Waals surface area contributed by atoms with E-state index in [0.29, 0.717) is 18.9 Å². The average Bonchev–Trinajstić information content (AvgIpc) is 3.03. The van der Waals surface area contributed by atoms with Gasteiger partial charge in [-0.3, -0.25) is 4.79 Å². The molecule has 3 aromatic rings. The van der Waals surface area contributed by atoms with Crippen LogP contribution in [0, 0.1) is 0 Å². The number of nitrogens with zero attached hydrogens (tertiary/aromatic N) is 2. The zero-order chi connectivity index (χ0) is 16.8. The van der Waals surface area contributed by atoms with Crippen molar-refractivity contribution in [2.24, 2.45) is 0 Å². The van der Waals surface area contributed by atoms with E-state index in [0.717, 1.165) is 20.3 Å². The second-order valence-electron chi connectivity index (χ2n) is 5.21. The summed E-state index contributed by atoms with van der Waals surface area (Å²) in [4.78, 5) is 18.4. The number of fused-ring (bicyclic) bond motifs is 1. The third-order valence-corrected chi connectivity index (χ3v) is 5.62. The molecular formula is C18H18N2O2S2. The smallest absolute Gasteiger partial charge is 0.232 e. The number of aromatic nitrogens is 1. The van der Waals surface area contributed by atoms with Gasteiger partial charge in [0.05, 0.1) is 22.5 Å². The summed E-state index contributed by atoms with van der Waals surface area (Å²) in [5.74, 6) is 1.29. The molecule has 0 bridgehead atoms. The zero-order valence-electron chi connectivity index (χ0n) is 13.3. The molecular weight excluding hydrogens is 340 g/mol. The van der Waals surface area contributed by atoms with Gasteiger partial charge in [0.1, 0.15) is 12.4 Å². The monoisotopic (exact) mass is 358 g/mol. The molecule has 1 amide bonds. The topological polar surface area (TPSA) is 42.4 Å². The molecule has 0 atom stereocenters. The zero-order valence-corrected chi connectivity index (χ0v) is 15.0. The summed E-state index contributed by atoms with van der Waals surface area (Å²) in [5, 5.41) is 0. The van der Waals surface area contributed by atoms with Crippen LogP contribution < -0.4 is 4.74 Å². The fourth-order valence-corrected chi connectivity index (χ4v) is 4.10. The number of para-hydroxylation sites is 2. The van der Waals surface area contributed by atoms with E-state index in [1.54, 1.807) is 23.3 Å². The van der Waals surface area contributed by atoms with E-state index < -0.39 is 0 Å². The average molecular weight is 358 g/mol. The highest BCUT2D eigenvalue weighted by atomic mass is 32.2. The number of thiazole rings is 1. The second-order valence-corrected chi connectivity index (χ2v) is 7.47. The van der Waals surface area contributed by atoms with Gasteiger partial charge in [0, 0.05) is 7.05 Å². The summed E-state index contributed by atoms with van der Waals surface area (Å²) in [6, 6.07) is 17.6. The van der Waals surface area contributed by atoms with Gasteiger partial charge in [-0.15, -0.1) is 11.3 Å². The molecule has 3 rings (SSSR count). The van der Waals surface area contributed by atoms with Gasteiger partial charge < -0.3 is 9.64 Å². The van der Waals surface area contributed by atoms with E-state index in [4.69, 9.17) is 4.74 Å². The summed E-state index contributed by atoms with van der Waals surface area (Å²) < 4.78 is 7.70. The van der Waals surface area contributed by atoms with Crippen LogP contribution in [0.5, 0.6) is 5.75 Å². The lowest BCUT2D eigenvalue weighted by Gasteiger charge is -2.17. The first-order chi connectivity index (χ1) is 11.7. The van der Waals surface area contributed by atoms with Crippen LogP contribution in [0.2, 0.25) is 0 Å². The third kappa shape index (κ3) is 4.49. The van der Waals surface area contributed by atoms with Gasteiger partial charge in [-0.25, -0.2) is 4.98 Å². The number of ether oxygens (including phenoxy) is 1. The number of amides is 1. The maximum Gasteiger partial charge on any atom is 0.232 e. The van der Waals surface area contributed by atoms with E-state index in [1.807, 2.05) is 54.6 Å². The number of hydrogen-bond acceptors (Lipinski definition) is 5. The minimum absolute atomic E-state index is 0.0796. The molecule has 0 N–H and O–H groups in total. The van der Waals surface area contributed by atoms with Gasteiger partial charge in [0.15, 0.2) is 4.34 Å². The maximum atomic E-state index is 12.2. The molecule has 0 aliphatic carbocycles. The Balaban J connectivity index is 1.44. The van der Waals surface area contributed by atoms with Crippen LogP contribution >= 0.6 is 23.1 Å². The number of carbonyl (C=O) groups excluding carboxylic acids is 1. The lowest BCUT2D eigenvalue weighted by Crippen LogP contribution is -2.32. The molecule has 0 spiro atoms. The number of thioether (sulfide) groups is 1. The van der Waals surface area contributed by atoms with Crippen molar-refractivity contribution in [2.75, 3.05) is 26.0 Å². The lowest BCUT2D eigenvalue weighted by molar-refractivity contribution is -0.127. The Morgan fingerprint density at radius 2 is 1.92 bits per heavy atom. The first-order valence-electron chi connectivity index (χ1n) is 7.62. The SMILES string of the molecule is CN(CCOc1ccccc1)C(=O)CSc1nc2ccccc2s1. The summed E-state index contributed by atoms with van der Waals surface area (Å²) in [6.45, 7) is 1.05. The largest absolute Gasteiger partial charge is 0.492 e. The van der Waals surface area contributed by atoms with Crippen LogP contribution in [-0.4, -0.2) is 41.7 Å². The van der Waals surface area contributed by atoms with Crippen LogP contribution in [0.15, 0.2) is 58.9 Å². The van der Waals surface area contributed by atoms with Crippen LogP contribution in [0.25, 0.3) is 10.2 Å². The van der Waals surface area contributed by atoms with Gasteiger partial charge in [0.25, 0.3) is 0 Å². The van der Waals surface area contributed by atoms with E-state index >= 15 is 0 Å². The standard InChI is InChI=1S/C18H18N2O2S2/c1-20(11-12-22-14-7-3-2-4-8-14)17(21)13-23-18-19-15-9-5-6-10-16(15)24-18/h2-10H,11-13H2,1H3. The minimum atomic E-state index is 0.0796. The van der Waals surface area contributed by atoms with Crippen LogP contribution in [0.1, 0.15) is 0 Å². The quantitative estimate of drug-likeness (QED) is 0.600. The molecule has 6 heteroatoms. The van der Waals surface area contributed by atoms with Crippen molar-refractivity contribution >= 4 is 39.2 Å².